The van der Waals surface area contributed by atoms with Crippen LogP contribution in [0.3, 0.4) is 0 Å². The molecule has 170 valence electrons. The first-order valence-electron chi connectivity index (χ1n) is 10.7. The minimum atomic E-state index is -0.534. The van der Waals surface area contributed by atoms with E-state index in [1.807, 2.05) is 36.4 Å². The van der Waals surface area contributed by atoms with Gasteiger partial charge in [-0.1, -0.05) is 48.5 Å². The Balaban J connectivity index is 1.43. The Morgan fingerprint density at radius 3 is 2.27 bits per heavy atom. The number of ether oxygens (including phenoxy) is 3. The van der Waals surface area contributed by atoms with Gasteiger partial charge in [0.05, 0.1) is 13.2 Å². The maximum atomic E-state index is 12.5. The molecule has 0 aromatic heterocycles. The van der Waals surface area contributed by atoms with Gasteiger partial charge in [-0.05, 0) is 34.0 Å². The number of carbonyl (C=O) groups is 3. The smallest absolute Gasteiger partial charge is 0.325 e. The predicted octanol–water partition coefficient (Wildman–Crippen LogP) is 3.05. The standard InChI is InChI=1S/C26H25NO6/c1-31-15-24(28)18-4-2-17(3-5-18)19-6-7-21-13-22(9-8-20(21)12-19)25(29)16-33-26(30)23-14-32-11-10-27-23/h2-9,12-13,23,27H,10-11,14-16H2,1H3/t23-/m0/s1. The molecule has 7 heteroatoms. The van der Waals surface area contributed by atoms with Crippen LogP contribution in [0.25, 0.3) is 21.9 Å². The number of ketones is 2. The van der Waals surface area contributed by atoms with Crippen LogP contribution in [-0.2, 0) is 19.0 Å². The molecular weight excluding hydrogens is 422 g/mol. The van der Waals surface area contributed by atoms with E-state index < -0.39 is 12.0 Å². The third kappa shape index (κ3) is 5.51. The summed E-state index contributed by atoms with van der Waals surface area (Å²) in [6.07, 6.45) is 0. The molecule has 0 spiro atoms. The van der Waals surface area contributed by atoms with E-state index in [1.54, 1.807) is 24.3 Å². The zero-order chi connectivity index (χ0) is 23.2. The number of benzene rings is 3. The van der Waals surface area contributed by atoms with Gasteiger partial charge in [-0.2, -0.15) is 0 Å². The molecule has 1 aliphatic heterocycles. The van der Waals surface area contributed by atoms with E-state index in [1.165, 1.54) is 7.11 Å². The van der Waals surface area contributed by atoms with Gasteiger partial charge in [0.2, 0.25) is 0 Å². The molecule has 1 fully saturated rings. The highest BCUT2D eigenvalue weighted by molar-refractivity contribution is 6.02. The third-order valence-corrected chi connectivity index (χ3v) is 5.53. The summed E-state index contributed by atoms with van der Waals surface area (Å²) in [5, 5.41) is 4.89. The Kier molecular flexibility index (Phi) is 7.24. The van der Waals surface area contributed by atoms with Gasteiger partial charge in [0.1, 0.15) is 12.6 Å². The van der Waals surface area contributed by atoms with E-state index >= 15 is 0 Å². The van der Waals surface area contributed by atoms with Gasteiger partial charge in [-0.3, -0.25) is 14.4 Å². The van der Waals surface area contributed by atoms with Crippen LogP contribution >= 0.6 is 0 Å². The van der Waals surface area contributed by atoms with E-state index in [9.17, 15) is 14.4 Å². The van der Waals surface area contributed by atoms with E-state index in [4.69, 9.17) is 14.2 Å². The Bertz CT molecular complexity index is 1170. The maximum Gasteiger partial charge on any atom is 0.325 e. The van der Waals surface area contributed by atoms with Crippen molar-refractivity contribution in [3.63, 3.8) is 0 Å². The second-order valence-electron chi connectivity index (χ2n) is 7.82. The highest BCUT2D eigenvalue weighted by Gasteiger charge is 2.23. The monoisotopic (exact) mass is 447 g/mol. The van der Waals surface area contributed by atoms with Crippen LogP contribution in [0.15, 0.2) is 60.7 Å². The summed E-state index contributed by atoms with van der Waals surface area (Å²) in [6, 6.07) is 18.2. The van der Waals surface area contributed by atoms with Crippen molar-refractivity contribution in [2.75, 3.05) is 40.1 Å². The number of hydrogen-bond donors (Lipinski definition) is 1. The molecule has 1 saturated heterocycles. The molecule has 33 heavy (non-hydrogen) atoms. The number of nitrogens with one attached hydrogen (secondary N) is 1. The molecule has 4 rings (SSSR count). The van der Waals surface area contributed by atoms with Gasteiger partial charge < -0.3 is 19.5 Å². The molecule has 0 bridgehead atoms. The minimum Gasteiger partial charge on any atom is -0.456 e. The zero-order valence-electron chi connectivity index (χ0n) is 18.3. The molecule has 1 N–H and O–H groups in total. The van der Waals surface area contributed by atoms with Crippen molar-refractivity contribution in [1.82, 2.24) is 5.32 Å². The minimum absolute atomic E-state index is 0.0570. The van der Waals surface area contributed by atoms with Crippen LogP contribution in [-0.4, -0.2) is 63.7 Å². The Hall–Kier alpha value is -3.39. The molecule has 0 amide bonds. The number of fused-ring (bicyclic) bond motifs is 1. The molecule has 1 atom stereocenters. The summed E-state index contributed by atoms with van der Waals surface area (Å²) in [5.74, 6) is -0.806. The molecule has 1 aliphatic rings. The topological polar surface area (TPSA) is 90.9 Å². The molecule has 0 saturated carbocycles. The van der Waals surface area contributed by atoms with E-state index in [2.05, 4.69) is 5.32 Å². The van der Waals surface area contributed by atoms with Gasteiger partial charge in [0.25, 0.3) is 0 Å². The van der Waals surface area contributed by atoms with Crippen molar-refractivity contribution in [1.29, 1.82) is 0 Å². The number of rotatable bonds is 8. The van der Waals surface area contributed by atoms with Crippen molar-refractivity contribution >= 4 is 28.3 Å². The van der Waals surface area contributed by atoms with Crippen molar-refractivity contribution in [2.24, 2.45) is 0 Å². The van der Waals surface area contributed by atoms with Crippen molar-refractivity contribution in [3.8, 4) is 11.1 Å². The number of Topliss-reactive ketones (excluding diaryl/α,β-unsaturated/α-hetero) is 2. The van der Waals surface area contributed by atoms with Crippen LogP contribution in [0.1, 0.15) is 20.7 Å². The first-order valence-corrected chi connectivity index (χ1v) is 10.7. The maximum absolute atomic E-state index is 12.5. The van der Waals surface area contributed by atoms with Crippen LogP contribution < -0.4 is 5.32 Å². The predicted molar refractivity (Wildman–Crippen MR) is 123 cm³/mol. The lowest BCUT2D eigenvalue weighted by atomic mass is 9.98. The summed E-state index contributed by atoms with van der Waals surface area (Å²) < 4.78 is 15.3. The quantitative estimate of drug-likeness (QED) is 0.419. The third-order valence-electron chi connectivity index (χ3n) is 5.53. The van der Waals surface area contributed by atoms with Crippen molar-refractivity contribution in [3.05, 3.63) is 71.8 Å². The van der Waals surface area contributed by atoms with Crippen LogP contribution in [0.2, 0.25) is 0 Å². The Labute approximate surface area is 191 Å². The molecule has 1 heterocycles. The van der Waals surface area contributed by atoms with Gasteiger partial charge in [0.15, 0.2) is 18.2 Å². The molecular formula is C26H25NO6. The van der Waals surface area contributed by atoms with Gasteiger partial charge >= 0.3 is 5.97 Å². The zero-order valence-corrected chi connectivity index (χ0v) is 18.3. The van der Waals surface area contributed by atoms with Crippen molar-refractivity contribution in [2.45, 2.75) is 6.04 Å². The highest BCUT2D eigenvalue weighted by Crippen LogP contribution is 2.26. The summed E-state index contributed by atoms with van der Waals surface area (Å²) in [7, 11) is 1.50. The molecule has 3 aromatic rings. The van der Waals surface area contributed by atoms with Crippen LogP contribution in [0.5, 0.6) is 0 Å². The van der Waals surface area contributed by atoms with Gasteiger partial charge in [0, 0.05) is 24.8 Å². The second kappa shape index (κ2) is 10.5. The SMILES string of the molecule is COCC(=O)c1ccc(-c2ccc3cc(C(=O)COC(=O)[C@@H]4COCCN4)ccc3c2)cc1. The molecule has 0 unspecified atom stereocenters. The van der Waals surface area contributed by atoms with Gasteiger partial charge in [-0.25, -0.2) is 0 Å². The Morgan fingerprint density at radius 2 is 1.55 bits per heavy atom. The van der Waals surface area contributed by atoms with Crippen molar-refractivity contribution < 1.29 is 28.6 Å². The number of hydrogen-bond acceptors (Lipinski definition) is 7. The lowest BCUT2D eigenvalue weighted by Crippen LogP contribution is -2.47. The average Bonchev–Trinajstić information content (AvgIpc) is 2.87. The van der Waals surface area contributed by atoms with E-state index in [0.29, 0.717) is 24.3 Å². The second-order valence-corrected chi connectivity index (χ2v) is 7.82. The summed E-state index contributed by atoms with van der Waals surface area (Å²) in [4.78, 5) is 36.5. The van der Waals surface area contributed by atoms with E-state index in [0.717, 1.165) is 21.9 Å². The number of morpholine rings is 1. The number of methoxy groups -OCH3 is 1. The lowest BCUT2D eigenvalue weighted by molar-refractivity contribution is -0.148. The normalized spacial score (nSPS) is 15.8. The first kappa shape index (κ1) is 22.8. The van der Waals surface area contributed by atoms with Crippen LogP contribution in [0.4, 0.5) is 0 Å². The van der Waals surface area contributed by atoms with Crippen LogP contribution in [0, 0.1) is 0 Å². The number of esters is 1. The highest BCUT2D eigenvalue weighted by atomic mass is 16.5. The summed E-state index contributed by atoms with van der Waals surface area (Å²) >= 11 is 0. The van der Waals surface area contributed by atoms with E-state index in [-0.39, 0.29) is 31.4 Å². The average molecular weight is 447 g/mol. The fraction of sp³-hybridized carbons (Fsp3) is 0.269. The summed E-state index contributed by atoms with van der Waals surface area (Å²) in [5.41, 5.74) is 3.08. The Morgan fingerprint density at radius 1 is 0.879 bits per heavy atom. The van der Waals surface area contributed by atoms with Gasteiger partial charge in [-0.15, -0.1) is 0 Å². The first-order chi connectivity index (χ1) is 16.0. The fourth-order valence-electron chi connectivity index (χ4n) is 3.70. The fourth-order valence-corrected chi connectivity index (χ4v) is 3.70. The molecule has 7 nitrogen and oxygen atoms in total. The molecule has 3 aromatic carbocycles. The summed E-state index contributed by atoms with van der Waals surface area (Å²) in [6.45, 7) is 1.13. The largest absolute Gasteiger partial charge is 0.456 e. The lowest BCUT2D eigenvalue weighted by Gasteiger charge is -2.21. The molecule has 0 aliphatic carbocycles. The number of carbonyl (C=O) groups excluding carboxylic acids is 3. The molecule has 0 radical (unpaired) electrons.